The fourth-order valence-electron chi connectivity index (χ4n) is 2.73. The molecule has 3 rings (SSSR count). The number of nitrogens with zero attached hydrogens (tertiary/aromatic N) is 3. The number of rotatable bonds is 4. The van der Waals surface area contributed by atoms with Gasteiger partial charge in [-0.15, -0.1) is 0 Å². The fourth-order valence-corrected chi connectivity index (χ4v) is 2.73. The van der Waals surface area contributed by atoms with Gasteiger partial charge in [0.2, 0.25) is 5.91 Å². The summed E-state index contributed by atoms with van der Waals surface area (Å²) < 4.78 is 1.60. The molecule has 3 aromatic rings. The van der Waals surface area contributed by atoms with Crippen LogP contribution >= 0.6 is 0 Å². The first-order valence-electron chi connectivity index (χ1n) is 8.45. The molecule has 0 saturated carbocycles. The van der Waals surface area contributed by atoms with Crippen LogP contribution in [0, 0.1) is 0 Å². The molecule has 0 radical (unpaired) electrons. The van der Waals surface area contributed by atoms with Gasteiger partial charge in [0.1, 0.15) is 0 Å². The van der Waals surface area contributed by atoms with Crippen LogP contribution < -0.4 is 15.8 Å². The number of hydrazine groups is 1. The molecule has 28 heavy (non-hydrogen) atoms. The maximum absolute atomic E-state index is 12.4. The summed E-state index contributed by atoms with van der Waals surface area (Å²) in [7, 11) is 3.35. The smallest absolute Gasteiger partial charge is 0.290 e. The van der Waals surface area contributed by atoms with Crippen molar-refractivity contribution in [2.45, 2.75) is 0 Å². The first-order valence-corrected chi connectivity index (χ1v) is 8.45. The first kappa shape index (κ1) is 18.8. The van der Waals surface area contributed by atoms with Gasteiger partial charge in [0.25, 0.3) is 11.8 Å². The second-order valence-corrected chi connectivity index (χ2v) is 6.05. The molecule has 1 aromatic heterocycles. The largest absolute Gasteiger partial charge is 0.312 e. The monoisotopic (exact) mass is 377 g/mol. The van der Waals surface area contributed by atoms with Crippen molar-refractivity contribution in [2.24, 2.45) is 7.05 Å². The summed E-state index contributed by atoms with van der Waals surface area (Å²) in [6.07, 6.45) is 1.21. The Balaban J connectivity index is 1.67. The van der Waals surface area contributed by atoms with Gasteiger partial charge in [-0.2, -0.15) is 5.10 Å². The third-order valence-electron chi connectivity index (χ3n) is 4.28. The summed E-state index contributed by atoms with van der Waals surface area (Å²) in [5.74, 6) is -1.26. The van der Waals surface area contributed by atoms with Gasteiger partial charge in [-0.05, 0) is 36.4 Å². The summed E-state index contributed by atoms with van der Waals surface area (Å²) in [5, 5.41) is 4.89. The Labute approximate surface area is 161 Å². The van der Waals surface area contributed by atoms with Gasteiger partial charge in [-0.3, -0.25) is 29.9 Å². The van der Waals surface area contributed by atoms with Crippen molar-refractivity contribution in [2.75, 3.05) is 11.9 Å². The van der Waals surface area contributed by atoms with Gasteiger partial charge < -0.3 is 4.90 Å². The number of benzene rings is 2. The average Bonchev–Trinajstić information content (AvgIpc) is 3.07. The van der Waals surface area contributed by atoms with E-state index in [1.807, 2.05) is 18.2 Å². The van der Waals surface area contributed by atoms with Gasteiger partial charge >= 0.3 is 0 Å². The number of para-hydroxylation sites is 1. The molecule has 0 saturated heterocycles. The van der Waals surface area contributed by atoms with E-state index < -0.39 is 11.8 Å². The van der Waals surface area contributed by atoms with Crippen molar-refractivity contribution in [1.29, 1.82) is 0 Å². The zero-order valence-corrected chi connectivity index (χ0v) is 15.5. The van der Waals surface area contributed by atoms with Gasteiger partial charge in [-0.1, -0.05) is 24.8 Å². The van der Waals surface area contributed by atoms with E-state index in [1.54, 1.807) is 49.1 Å². The molecule has 0 aliphatic rings. The molecule has 0 unspecified atom stereocenters. The predicted octanol–water partition coefficient (Wildman–Crippen LogP) is 1.80. The Bertz CT molecular complexity index is 1070. The highest BCUT2D eigenvalue weighted by Gasteiger charge is 2.17. The summed E-state index contributed by atoms with van der Waals surface area (Å²) in [5.41, 5.74) is 6.72. The molecule has 0 fully saturated rings. The van der Waals surface area contributed by atoms with Crippen LogP contribution in [0.1, 0.15) is 20.8 Å². The lowest BCUT2D eigenvalue weighted by Gasteiger charge is -2.15. The lowest BCUT2D eigenvalue weighted by molar-refractivity contribution is -0.113. The number of likely N-dealkylation sites (N-methyl/N-ethyl adjacent to an activating group) is 1. The Morgan fingerprint density at radius 3 is 2.36 bits per heavy atom. The minimum atomic E-state index is -0.516. The molecular weight excluding hydrogens is 358 g/mol. The molecule has 2 N–H and O–H groups in total. The van der Waals surface area contributed by atoms with Crippen LogP contribution in [0.2, 0.25) is 0 Å². The number of nitrogens with one attached hydrogen (secondary N) is 2. The molecule has 8 heteroatoms. The number of amides is 3. The van der Waals surface area contributed by atoms with Crippen LogP contribution in [0.4, 0.5) is 5.69 Å². The van der Waals surface area contributed by atoms with Gasteiger partial charge in [0, 0.05) is 30.7 Å². The van der Waals surface area contributed by atoms with E-state index in [4.69, 9.17) is 0 Å². The maximum atomic E-state index is 12.4. The second-order valence-electron chi connectivity index (χ2n) is 6.05. The number of carbonyl (C=O) groups excluding carboxylic acids is 3. The standard InChI is InChI=1S/C20H19N5O3/c1-4-17(26)24(2)14-11-9-13(10-12-14)19(27)21-22-20(28)18-15-7-5-6-8-16(15)25(3)23-18/h4-12H,1H2,2-3H3,(H,21,27)(H,22,28). The van der Waals surface area contributed by atoms with Crippen molar-refractivity contribution in [3.63, 3.8) is 0 Å². The number of hydrogen-bond acceptors (Lipinski definition) is 4. The van der Waals surface area contributed by atoms with E-state index in [9.17, 15) is 14.4 Å². The lowest BCUT2D eigenvalue weighted by Crippen LogP contribution is -2.41. The van der Waals surface area contributed by atoms with E-state index >= 15 is 0 Å². The predicted molar refractivity (Wildman–Crippen MR) is 106 cm³/mol. The van der Waals surface area contributed by atoms with E-state index in [0.717, 1.165) is 5.52 Å². The first-order chi connectivity index (χ1) is 13.4. The van der Waals surface area contributed by atoms with Crippen molar-refractivity contribution < 1.29 is 14.4 Å². The molecule has 2 aromatic carbocycles. The summed E-state index contributed by atoms with van der Waals surface area (Å²) in [6.45, 7) is 3.44. The zero-order valence-electron chi connectivity index (χ0n) is 15.5. The quantitative estimate of drug-likeness (QED) is 0.535. The topological polar surface area (TPSA) is 96.3 Å². The molecule has 0 spiro atoms. The molecule has 1 heterocycles. The molecule has 3 amide bonds. The van der Waals surface area contributed by atoms with Crippen molar-refractivity contribution in [3.05, 3.63) is 72.4 Å². The summed E-state index contributed by atoms with van der Waals surface area (Å²) >= 11 is 0. The third kappa shape index (κ3) is 3.61. The number of anilines is 1. The van der Waals surface area contributed by atoms with E-state index in [1.165, 1.54) is 11.0 Å². The highest BCUT2D eigenvalue weighted by molar-refractivity contribution is 6.06. The molecule has 0 aliphatic heterocycles. The minimum Gasteiger partial charge on any atom is -0.312 e. The average molecular weight is 377 g/mol. The van der Waals surface area contributed by atoms with Crippen molar-refractivity contribution >= 4 is 34.3 Å². The summed E-state index contributed by atoms with van der Waals surface area (Å²) in [4.78, 5) is 37.7. The zero-order chi connectivity index (χ0) is 20.3. The van der Waals surface area contributed by atoms with Crippen LogP contribution in [0.3, 0.4) is 0 Å². The number of hydrogen-bond donors (Lipinski definition) is 2. The maximum Gasteiger partial charge on any atom is 0.290 e. The highest BCUT2D eigenvalue weighted by atomic mass is 16.2. The van der Waals surface area contributed by atoms with Crippen LogP contribution in [0.15, 0.2) is 61.2 Å². The van der Waals surface area contributed by atoms with Gasteiger partial charge in [0.15, 0.2) is 5.69 Å². The SMILES string of the molecule is C=CC(=O)N(C)c1ccc(C(=O)NNC(=O)c2nn(C)c3ccccc23)cc1. The van der Waals surface area contributed by atoms with E-state index in [2.05, 4.69) is 22.5 Å². The fraction of sp³-hybridized carbons (Fsp3) is 0.100. The van der Waals surface area contributed by atoms with Gasteiger partial charge in [-0.25, -0.2) is 0 Å². The molecule has 8 nitrogen and oxygen atoms in total. The Morgan fingerprint density at radius 1 is 1.04 bits per heavy atom. The molecule has 0 aliphatic carbocycles. The Hall–Kier alpha value is -3.94. The molecule has 0 bridgehead atoms. The summed E-state index contributed by atoms with van der Waals surface area (Å²) in [6, 6.07) is 13.7. The van der Waals surface area contributed by atoms with Crippen LogP contribution in [-0.4, -0.2) is 34.5 Å². The number of aryl methyl sites for hydroxylation is 1. The Morgan fingerprint density at radius 2 is 1.68 bits per heavy atom. The normalized spacial score (nSPS) is 10.4. The van der Waals surface area contributed by atoms with Gasteiger partial charge in [0.05, 0.1) is 5.52 Å². The molecule has 142 valence electrons. The van der Waals surface area contributed by atoms with Crippen molar-refractivity contribution in [1.82, 2.24) is 20.6 Å². The number of aromatic nitrogens is 2. The van der Waals surface area contributed by atoms with Crippen LogP contribution in [0.5, 0.6) is 0 Å². The highest BCUT2D eigenvalue weighted by Crippen LogP contribution is 2.17. The third-order valence-corrected chi connectivity index (χ3v) is 4.28. The van der Waals surface area contributed by atoms with Crippen LogP contribution in [-0.2, 0) is 11.8 Å². The number of fused-ring (bicyclic) bond motifs is 1. The van der Waals surface area contributed by atoms with Crippen LogP contribution in [0.25, 0.3) is 10.9 Å². The molecular formula is C20H19N5O3. The van der Waals surface area contributed by atoms with E-state index in [0.29, 0.717) is 16.6 Å². The lowest BCUT2D eigenvalue weighted by atomic mass is 10.2. The Kier molecular flexibility index (Phi) is 5.21. The second kappa shape index (κ2) is 7.75. The van der Waals surface area contributed by atoms with Crippen molar-refractivity contribution in [3.8, 4) is 0 Å². The number of carbonyl (C=O) groups is 3. The molecule has 0 atom stereocenters. The van der Waals surface area contributed by atoms with E-state index in [-0.39, 0.29) is 11.6 Å². The minimum absolute atomic E-state index is 0.221.